The Kier molecular flexibility index (Phi) is 4.95. The van der Waals surface area contributed by atoms with Crippen molar-refractivity contribution in [1.82, 2.24) is 14.9 Å². The van der Waals surface area contributed by atoms with Crippen molar-refractivity contribution < 1.29 is 18.7 Å². The number of likely N-dealkylation sites (tertiary alicyclic amines) is 1. The molecule has 8 heteroatoms. The topological polar surface area (TPSA) is 64.6 Å². The van der Waals surface area contributed by atoms with Crippen molar-refractivity contribution in [1.29, 1.82) is 0 Å². The predicted octanol–water partition coefficient (Wildman–Crippen LogP) is 1.73. The Balaban J connectivity index is 2.12. The molecule has 0 N–H and O–H groups in total. The first-order chi connectivity index (χ1) is 9.90. The van der Waals surface area contributed by atoms with Crippen molar-refractivity contribution in [2.24, 2.45) is 0 Å². The van der Waals surface area contributed by atoms with Crippen LogP contribution in [0.2, 0.25) is 5.15 Å². The number of hydrogen-bond acceptors (Lipinski definition) is 6. The summed E-state index contributed by atoms with van der Waals surface area (Å²) >= 11 is 5.84. The van der Waals surface area contributed by atoms with E-state index in [1.165, 1.54) is 13.2 Å². The molecule has 2 heterocycles. The molecule has 0 radical (unpaired) electrons. The zero-order valence-corrected chi connectivity index (χ0v) is 12.8. The van der Waals surface area contributed by atoms with Gasteiger partial charge in [0.1, 0.15) is 17.4 Å². The first-order valence-electron chi connectivity index (χ1n) is 6.54. The number of alkyl halides is 1. The predicted molar refractivity (Wildman–Crippen MR) is 74.4 cm³/mol. The van der Waals surface area contributed by atoms with Crippen molar-refractivity contribution >= 4 is 17.6 Å². The van der Waals surface area contributed by atoms with E-state index >= 15 is 0 Å². The van der Waals surface area contributed by atoms with Crippen LogP contribution < -0.4 is 4.74 Å². The molecule has 3 atom stereocenters. The third-order valence-electron chi connectivity index (χ3n) is 3.44. The van der Waals surface area contributed by atoms with E-state index in [0.29, 0.717) is 13.0 Å². The van der Waals surface area contributed by atoms with Gasteiger partial charge >= 0.3 is 5.97 Å². The average Bonchev–Trinajstić information content (AvgIpc) is 2.76. The van der Waals surface area contributed by atoms with Crippen LogP contribution >= 0.6 is 11.6 Å². The molecule has 6 nitrogen and oxygen atoms in total. The van der Waals surface area contributed by atoms with Gasteiger partial charge in [0.05, 0.1) is 7.11 Å². The molecule has 1 aliphatic heterocycles. The molecule has 1 fully saturated rings. The van der Waals surface area contributed by atoms with Crippen molar-refractivity contribution in [3.8, 4) is 5.88 Å². The maximum atomic E-state index is 13.4. The van der Waals surface area contributed by atoms with Crippen molar-refractivity contribution in [2.75, 3.05) is 20.7 Å². The zero-order chi connectivity index (χ0) is 15.6. The number of halogens is 2. The first kappa shape index (κ1) is 15.9. The Morgan fingerprint density at radius 2 is 2.29 bits per heavy atom. The molecule has 21 heavy (non-hydrogen) atoms. The monoisotopic (exact) mass is 317 g/mol. The minimum absolute atomic E-state index is 0.0599. The number of carbonyl (C=O) groups excluding carboxylic acids is 1. The fourth-order valence-corrected chi connectivity index (χ4v) is 2.60. The molecule has 116 valence electrons. The largest absolute Gasteiger partial charge is 0.473 e. The highest BCUT2D eigenvalue weighted by Crippen LogP contribution is 2.24. The van der Waals surface area contributed by atoms with Gasteiger partial charge in [-0.1, -0.05) is 11.6 Å². The quantitative estimate of drug-likeness (QED) is 0.622. The third-order valence-corrected chi connectivity index (χ3v) is 3.63. The fraction of sp³-hybridized carbons (Fsp3) is 0.615. The molecule has 0 amide bonds. The van der Waals surface area contributed by atoms with Crippen LogP contribution in [0.25, 0.3) is 0 Å². The normalized spacial score (nSPS) is 23.9. The van der Waals surface area contributed by atoms with Gasteiger partial charge in [0, 0.05) is 18.7 Å². The summed E-state index contributed by atoms with van der Waals surface area (Å²) < 4.78 is 23.6. The number of carbonyl (C=O) groups is 1. The Hall–Kier alpha value is -1.47. The van der Waals surface area contributed by atoms with Crippen LogP contribution in [-0.2, 0) is 4.74 Å². The number of methoxy groups -OCH3 is 1. The smallest absolute Gasteiger partial charge is 0.376 e. The molecule has 0 saturated carbocycles. The van der Waals surface area contributed by atoms with Crippen molar-refractivity contribution in [3.05, 3.63) is 17.0 Å². The molecule has 1 saturated heterocycles. The maximum Gasteiger partial charge on any atom is 0.376 e. The van der Waals surface area contributed by atoms with Crippen molar-refractivity contribution in [2.45, 2.75) is 31.7 Å². The summed E-state index contributed by atoms with van der Waals surface area (Å²) in [6, 6.07) is 1.35. The van der Waals surface area contributed by atoms with E-state index in [4.69, 9.17) is 16.3 Å². The molecule has 2 rings (SSSR count). The Labute approximate surface area is 127 Å². The number of likely N-dealkylation sites (N-methyl/N-ethyl adjacent to an activating group) is 1. The van der Waals surface area contributed by atoms with E-state index in [9.17, 15) is 9.18 Å². The highest BCUT2D eigenvalue weighted by atomic mass is 35.5. The third kappa shape index (κ3) is 3.79. The van der Waals surface area contributed by atoms with Gasteiger partial charge in [0.15, 0.2) is 0 Å². The number of aromatic nitrogens is 2. The molecule has 1 aliphatic rings. The van der Waals surface area contributed by atoms with Crippen LogP contribution in [-0.4, -0.2) is 59.9 Å². The summed E-state index contributed by atoms with van der Waals surface area (Å²) in [5.74, 6) is -0.703. The molecule has 0 unspecified atom stereocenters. The van der Waals surface area contributed by atoms with E-state index < -0.39 is 12.1 Å². The lowest BCUT2D eigenvalue weighted by atomic mass is 10.1. The van der Waals surface area contributed by atoms with Gasteiger partial charge < -0.3 is 9.47 Å². The van der Waals surface area contributed by atoms with Crippen LogP contribution in [0.1, 0.15) is 24.0 Å². The summed E-state index contributed by atoms with van der Waals surface area (Å²) in [4.78, 5) is 21.1. The Bertz CT molecular complexity index is 531. The molecular formula is C13H17ClFN3O3. The summed E-state index contributed by atoms with van der Waals surface area (Å²) in [6.45, 7) is 2.21. The first-order valence-corrected chi connectivity index (χ1v) is 6.92. The SMILES string of the molecule is COC(=O)c1nc(Cl)cc(O[C@@H](C)[C@@H]2C[C@H](F)CN2C)n1. The van der Waals surface area contributed by atoms with E-state index in [0.717, 1.165) is 0 Å². The highest BCUT2D eigenvalue weighted by Gasteiger charge is 2.34. The average molecular weight is 318 g/mol. The zero-order valence-electron chi connectivity index (χ0n) is 12.0. The number of ether oxygens (including phenoxy) is 2. The molecule has 0 aromatic carbocycles. The van der Waals surface area contributed by atoms with Crippen LogP contribution in [0.5, 0.6) is 5.88 Å². The standard InChI is InChI=1S/C13H17ClFN3O3/c1-7(9-4-8(15)6-18(9)2)21-11-5-10(14)16-12(17-11)13(19)20-3/h5,7-9H,4,6H2,1-3H3/t7-,8-,9-/m0/s1. The molecule has 0 aliphatic carbocycles. The number of nitrogens with zero attached hydrogens (tertiary/aromatic N) is 3. The van der Waals surface area contributed by atoms with Gasteiger partial charge in [-0.05, 0) is 20.4 Å². The van der Waals surface area contributed by atoms with Gasteiger partial charge in [-0.3, -0.25) is 4.90 Å². The molecule has 0 bridgehead atoms. The minimum Gasteiger partial charge on any atom is -0.473 e. The summed E-state index contributed by atoms with van der Waals surface area (Å²) in [5.41, 5.74) is 0. The van der Waals surface area contributed by atoms with Gasteiger partial charge in [-0.2, -0.15) is 4.98 Å². The van der Waals surface area contributed by atoms with E-state index in [1.807, 2.05) is 18.9 Å². The lowest BCUT2D eigenvalue weighted by Gasteiger charge is -2.25. The van der Waals surface area contributed by atoms with E-state index in [2.05, 4.69) is 14.7 Å². The second-order valence-corrected chi connectivity index (χ2v) is 5.39. The lowest BCUT2D eigenvalue weighted by molar-refractivity contribution is 0.0582. The molecular weight excluding hydrogens is 301 g/mol. The highest BCUT2D eigenvalue weighted by molar-refractivity contribution is 6.29. The van der Waals surface area contributed by atoms with Crippen LogP contribution in [0, 0.1) is 0 Å². The van der Waals surface area contributed by atoms with E-state index in [-0.39, 0.29) is 29.0 Å². The minimum atomic E-state index is -0.856. The summed E-state index contributed by atoms with van der Waals surface area (Å²) in [5, 5.41) is 0.0794. The van der Waals surface area contributed by atoms with Crippen LogP contribution in [0.15, 0.2) is 6.07 Å². The summed E-state index contributed by atoms with van der Waals surface area (Å²) in [7, 11) is 3.07. The maximum absolute atomic E-state index is 13.4. The number of esters is 1. The summed E-state index contributed by atoms with van der Waals surface area (Å²) in [6.07, 6.45) is -0.752. The second-order valence-electron chi connectivity index (χ2n) is 5.01. The van der Waals surface area contributed by atoms with Gasteiger partial charge in [-0.15, -0.1) is 0 Å². The number of hydrogen-bond donors (Lipinski definition) is 0. The lowest BCUT2D eigenvalue weighted by Crippen LogP contribution is -2.38. The second kappa shape index (κ2) is 6.53. The van der Waals surface area contributed by atoms with Crippen LogP contribution in [0.4, 0.5) is 4.39 Å². The van der Waals surface area contributed by atoms with Crippen LogP contribution in [0.3, 0.4) is 0 Å². The molecule has 1 aromatic rings. The Morgan fingerprint density at radius 1 is 1.57 bits per heavy atom. The van der Waals surface area contributed by atoms with E-state index in [1.54, 1.807) is 0 Å². The molecule has 0 spiro atoms. The van der Waals surface area contributed by atoms with Gasteiger partial charge in [-0.25, -0.2) is 14.2 Å². The van der Waals surface area contributed by atoms with Crippen molar-refractivity contribution in [3.63, 3.8) is 0 Å². The fourth-order valence-electron chi connectivity index (χ4n) is 2.42. The number of rotatable bonds is 4. The van der Waals surface area contributed by atoms with Gasteiger partial charge in [0.2, 0.25) is 11.7 Å². The molecule has 1 aromatic heterocycles. The van der Waals surface area contributed by atoms with Gasteiger partial charge in [0.25, 0.3) is 0 Å². The Morgan fingerprint density at radius 3 is 2.86 bits per heavy atom.